The first-order valence-corrected chi connectivity index (χ1v) is 10.0. The third-order valence-electron chi connectivity index (χ3n) is 5.00. The van der Waals surface area contributed by atoms with E-state index in [1.165, 1.54) is 29.2 Å². The first-order chi connectivity index (χ1) is 14.8. The molecule has 0 spiro atoms. The lowest BCUT2D eigenvalue weighted by Gasteiger charge is -2.25. The molecule has 162 valence electrons. The quantitative estimate of drug-likeness (QED) is 0.172. The summed E-state index contributed by atoms with van der Waals surface area (Å²) in [5.41, 5.74) is 0.749. The number of ketones is 1. The van der Waals surface area contributed by atoms with E-state index in [2.05, 4.69) is 0 Å². The van der Waals surface area contributed by atoms with Crippen LogP contribution >= 0.6 is 0 Å². The number of Topliss-reactive ketones (excluding diaryl/α,β-unsaturated/α-hetero) is 1. The summed E-state index contributed by atoms with van der Waals surface area (Å²) in [5, 5.41) is 21.8. The number of likely N-dealkylation sites (tertiary alicyclic amines) is 1. The van der Waals surface area contributed by atoms with E-state index in [4.69, 9.17) is 4.74 Å². The summed E-state index contributed by atoms with van der Waals surface area (Å²) in [6.45, 7) is 4.55. The molecule has 1 atom stereocenters. The number of carbonyl (C=O) groups is 2. The summed E-state index contributed by atoms with van der Waals surface area (Å²) >= 11 is 0. The van der Waals surface area contributed by atoms with Gasteiger partial charge in [-0.25, -0.2) is 0 Å². The Kier molecular flexibility index (Phi) is 6.81. The van der Waals surface area contributed by atoms with E-state index in [1.54, 1.807) is 24.3 Å². The highest BCUT2D eigenvalue weighted by Crippen LogP contribution is 2.39. The molecule has 0 aliphatic carbocycles. The Hall–Kier alpha value is -3.52. The van der Waals surface area contributed by atoms with Crippen molar-refractivity contribution >= 4 is 23.1 Å². The van der Waals surface area contributed by atoms with Crippen LogP contribution in [0.3, 0.4) is 0 Å². The number of benzene rings is 2. The number of aliphatic hydroxyl groups is 1. The largest absolute Gasteiger partial charge is 0.507 e. The number of nitro groups is 1. The van der Waals surface area contributed by atoms with Gasteiger partial charge in [0.2, 0.25) is 0 Å². The summed E-state index contributed by atoms with van der Waals surface area (Å²) in [6.07, 6.45) is 0.592. The SMILES string of the molecule is CC(C)OCCCN1C(=O)C(=O)/C(=C(\O)c2ccc([N+](=O)[O-])cc2)C1c1ccccc1. The van der Waals surface area contributed by atoms with Gasteiger partial charge in [-0.15, -0.1) is 0 Å². The molecule has 2 aromatic carbocycles. The van der Waals surface area contributed by atoms with E-state index < -0.39 is 22.7 Å². The van der Waals surface area contributed by atoms with Gasteiger partial charge in [0.05, 0.1) is 22.6 Å². The van der Waals surface area contributed by atoms with Gasteiger partial charge in [-0.05, 0) is 38.0 Å². The number of nitrogens with zero attached hydrogens (tertiary/aromatic N) is 2. The number of rotatable bonds is 8. The molecule has 1 amide bonds. The molecule has 2 aromatic rings. The number of hydrogen-bond acceptors (Lipinski definition) is 6. The third-order valence-corrected chi connectivity index (χ3v) is 5.00. The number of nitro benzene ring substituents is 1. The number of non-ortho nitro benzene ring substituents is 1. The Labute approximate surface area is 179 Å². The maximum atomic E-state index is 12.9. The monoisotopic (exact) mass is 424 g/mol. The van der Waals surface area contributed by atoms with Gasteiger partial charge in [-0.1, -0.05) is 30.3 Å². The van der Waals surface area contributed by atoms with Gasteiger partial charge >= 0.3 is 0 Å². The van der Waals surface area contributed by atoms with Crippen LogP contribution in [0.1, 0.15) is 37.4 Å². The zero-order valence-corrected chi connectivity index (χ0v) is 17.4. The molecular formula is C23H24N2O6. The fourth-order valence-electron chi connectivity index (χ4n) is 3.54. The van der Waals surface area contributed by atoms with E-state index in [1.807, 2.05) is 19.9 Å². The van der Waals surface area contributed by atoms with Crippen LogP contribution in [0.2, 0.25) is 0 Å². The maximum Gasteiger partial charge on any atom is 0.295 e. The third kappa shape index (κ3) is 4.80. The molecule has 0 saturated carbocycles. The average Bonchev–Trinajstić information content (AvgIpc) is 3.01. The molecule has 31 heavy (non-hydrogen) atoms. The van der Waals surface area contributed by atoms with Crippen LogP contribution in [0.15, 0.2) is 60.2 Å². The zero-order valence-electron chi connectivity index (χ0n) is 17.4. The van der Waals surface area contributed by atoms with Gasteiger partial charge in [0, 0.05) is 30.8 Å². The predicted octanol–water partition coefficient (Wildman–Crippen LogP) is 3.83. The van der Waals surface area contributed by atoms with Gasteiger partial charge in [0.1, 0.15) is 5.76 Å². The van der Waals surface area contributed by atoms with E-state index in [0.29, 0.717) is 18.6 Å². The maximum absolute atomic E-state index is 12.9. The van der Waals surface area contributed by atoms with Gasteiger partial charge < -0.3 is 14.7 Å². The van der Waals surface area contributed by atoms with Crippen LogP contribution in [-0.4, -0.2) is 45.9 Å². The Morgan fingerprint density at radius 3 is 2.35 bits per heavy atom. The Balaban J connectivity index is 2.00. The molecule has 1 N–H and O–H groups in total. The lowest BCUT2D eigenvalue weighted by molar-refractivity contribution is -0.384. The van der Waals surface area contributed by atoms with E-state index in [-0.39, 0.29) is 35.2 Å². The Morgan fingerprint density at radius 2 is 1.77 bits per heavy atom. The minimum atomic E-state index is -0.783. The van der Waals surface area contributed by atoms with Gasteiger partial charge in [0.15, 0.2) is 0 Å². The van der Waals surface area contributed by atoms with Crippen molar-refractivity contribution in [1.29, 1.82) is 0 Å². The highest BCUT2D eigenvalue weighted by atomic mass is 16.6. The molecule has 1 unspecified atom stereocenters. The van der Waals surface area contributed by atoms with Crippen LogP contribution in [0.4, 0.5) is 5.69 Å². The van der Waals surface area contributed by atoms with Crippen LogP contribution in [0, 0.1) is 10.1 Å². The van der Waals surface area contributed by atoms with Crippen molar-refractivity contribution in [3.8, 4) is 0 Å². The molecule has 1 saturated heterocycles. The molecule has 8 heteroatoms. The van der Waals surface area contributed by atoms with Gasteiger partial charge in [-0.3, -0.25) is 19.7 Å². The minimum Gasteiger partial charge on any atom is -0.507 e. The second-order valence-electron chi connectivity index (χ2n) is 7.48. The Bertz CT molecular complexity index is 998. The standard InChI is InChI=1S/C23H24N2O6/c1-15(2)31-14-6-13-24-20(16-7-4-3-5-8-16)19(22(27)23(24)28)21(26)17-9-11-18(12-10-17)25(29)30/h3-5,7-12,15,20,26H,6,13-14H2,1-2H3/b21-19-. The minimum absolute atomic E-state index is 0.0326. The van der Waals surface area contributed by atoms with Crippen molar-refractivity contribution in [2.75, 3.05) is 13.2 Å². The lowest BCUT2D eigenvalue weighted by Crippen LogP contribution is -2.31. The second-order valence-corrected chi connectivity index (χ2v) is 7.48. The number of carbonyl (C=O) groups excluding carboxylic acids is 2. The van der Waals surface area contributed by atoms with Crippen molar-refractivity contribution in [2.24, 2.45) is 0 Å². The predicted molar refractivity (Wildman–Crippen MR) is 114 cm³/mol. The van der Waals surface area contributed by atoms with Gasteiger partial charge in [0.25, 0.3) is 17.4 Å². The molecule has 0 radical (unpaired) electrons. The van der Waals surface area contributed by atoms with Crippen LogP contribution in [0.5, 0.6) is 0 Å². The second kappa shape index (κ2) is 9.53. The summed E-state index contributed by atoms with van der Waals surface area (Å²) in [6, 6.07) is 13.4. The first kappa shape index (κ1) is 22.2. The number of amides is 1. The van der Waals surface area contributed by atoms with Gasteiger partial charge in [-0.2, -0.15) is 0 Å². The number of hydrogen-bond donors (Lipinski definition) is 1. The molecule has 1 aliphatic heterocycles. The molecule has 3 rings (SSSR count). The van der Waals surface area contributed by atoms with E-state index >= 15 is 0 Å². The van der Waals surface area contributed by atoms with Crippen molar-refractivity contribution in [3.05, 3.63) is 81.4 Å². The van der Waals surface area contributed by atoms with Crippen LogP contribution in [-0.2, 0) is 14.3 Å². The zero-order chi connectivity index (χ0) is 22.5. The van der Waals surface area contributed by atoms with Crippen molar-refractivity contribution in [3.63, 3.8) is 0 Å². The van der Waals surface area contributed by atoms with Crippen molar-refractivity contribution in [2.45, 2.75) is 32.4 Å². The molecule has 0 bridgehead atoms. The summed E-state index contributed by atoms with van der Waals surface area (Å²) < 4.78 is 5.54. The summed E-state index contributed by atoms with van der Waals surface area (Å²) in [5.74, 6) is -1.83. The van der Waals surface area contributed by atoms with Crippen LogP contribution in [0.25, 0.3) is 5.76 Å². The topological polar surface area (TPSA) is 110 Å². The highest BCUT2D eigenvalue weighted by molar-refractivity contribution is 6.46. The molecule has 0 aromatic heterocycles. The first-order valence-electron chi connectivity index (χ1n) is 10.0. The Morgan fingerprint density at radius 1 is 1.13 bits per heavy atom. The molecule has 1 fully saturated rings. The van der Waals surface area contributed by atoms with E-state index in [9.17, 15) is 24.8 Å². The number of ether oxygens (including phenoxy) is 1. The van der Waals surface area contributed by atoms with E-state index in [0.717, 1.165) is 0 Å². The molecule has 8 nitrogen and oxygen atoms in total. The number of aliphatic hydroxyl groups excluding tert-OH is 1. The van der Waals surface area contributed by atoms with Crippen molar-refractivity contribution < 1.29 is 24.4 Å². The molecule has 1 heterocycles. The highest BCUT2D eigenvalue weighted by Gasteiger charge is 2.45. The summed E-state index contributed by atoms with van der Waals surface area (Å²) in [7, 11) is 0. The fourth-order valence-corrected chi connectivity index (χ4v) is 3.54. The normalized spacial score (nSPS) is 18.0. The lowest BCUT2D eigenvalue weighted by atomic mass is 9.95. The van der Waals surface area contributed by atoms with Crippen LogP contribution < -0.4 is 0 Å². The smallest absolute Gasteiger partial charge is 0.295 e. The van der Waals surface area contributed by atoms with Crippen molar-refractivity contribution in [1.82, 2.24) is 4.90 Å². The summed E-state index contributed by atoms with van der Waals surface area (Å²) in [4.78, 5) is 37.5. The fraction of sp³-hybridized carbons (Fsp3) is 0.304. The average molecular weight is 424 g/mol. The molecular weight excluding hydrogens is 400 g/mol. The molecule has 1 aliphatic rings.